The fourth-order valence-corrected chi connectivity index (χ4v) is 2.53. The van der Waals surface area contributed by atoms with Crippen molar-refractivity contribution >= 4 is 5.97 Å². The van der Waals surface area contributed by atoms with Gasteiger partial charge in [-0.25, -0.2) is 0 Å². The molecule has 2 nitrogen and oxygen atoms in total. The topological polar surface area (TPSA) is 40.1 Å². The van der Waals surface area contributed by atoms with Crippen molar-refractivity contribution in [1.82, 2.24) is 0 Å². The third kappa shape index (κ3) is 8.54. The van der Waals surface area contributed by atoms with Gasteiger partial charge in [0.1, 0.15) is 0 Å². The smallest absolute Gasteiger partial charge is 0.0445 e. The second kappa shape index (κ2) is 11.6. The van der Waals surface area contributed by atoms with E-state index in [4.69, 9.17) is 0 Å². The first-order valence-electron chi connectivity index (χ1n) is 7.86. The van der Waals surface area contributed by atoms with Gasteiger partial charge < -0.3 is 9.90 Å². The number of rotatable bonds is 12. The molecule has 0 aromatic carbocycles. The number of hydrogen-bond donors (Lipinski definition) is 0. The van der Waals surface area contributed by atoms with Crippen LogP contribution in [0.15, 0.2) is 0 Å². The number of hydrogen-bond acceptors (Lipinski definition) is 2. The molecule has 2 heteroatoms. The predicted octanol–water partition coefficient (Wildman–Crippen LogP) is 3.93. The number of aliphatic carboxylic acids is 1. The molecule has 18 heavy (non-hydrogen) atoms. The van der Waals surface area contributed by atoms with Crippen molar-refractivity contribution in [2.45, 2.75) is 85.0 Å². The first-order chi connectivity index (χ1) is 8.65. The molecule has 0 aliphatic carbocycles. The van der Waals surface area contributed by atoms with E-state index in [9.17, 15) is 9.90 Å². The fraction of sp³-hybridized carbons (Fsp3) is 0.938. The number of carbonyl (C=O) groups excluding carboxylic acids is 1. The fourth-order valence-electron chi connectivity index (χ4n) is 2.53. The second-order valence-corrected chi connectivity index (χ2v) is 5.52. The molecule has 0 aliphatic rings. The Morgan fingerprint density at radius 1 is 0.944 bits per heavy atom. The van der Waals surface area contributed by atoms with Crippen molar-refractivity contribution in [2.24, 2.45) is 11.8 Å². The van der Waals surface area contributed by atoms with E-state index in [-0.39, 0.29) is 5.92 Å². The van der Waals surface area contributed by atoms with Gasteiger partial charge in [-0.3, -0.25) is 0 Å². The van der Waals surface area contributed by atoms with E-state index in [1.807, 2.05) is 0 Å². The predicted molar refractivity (Wildman–Crippen MR) is 75.2 cm³/mol. The molecule has 0 aromatic heterocycles. The van der Waals surface area contributed by atoms with Gasteiger partial charge in [-0.1, -0.05) is 72.1 Å². The Kier molecular flexibility index (Phi) is 11.2. The Morgan fingerprint density at radius 3 is 2.11 bits per heavy atom. The Labute approximate surface area is 113 Å². The van der Waals surface area contributed by atoms with Crippen molar-refractivity contribution in [3.8, 4) is 0 Å². The highest BCUT2D eigenvalue weighted by Gasteiger charge is 2.15. The molecule has 2 unspecified atom stereocenters. The zero-order valence-electron chi connectivity index (χ0n) is 12.5. The summed E-state index contributed by atoms with van der Waals surface area (Å²) in [6.07, 6.45) is 10.9. The highest BCUT2D eigenvalue weighted by molar-refractivity contribution is 5.67. The quantitative estimate of drug-likeness (QED) is 0.496. The molecular weight excluding hydrogens is 224 g/mol. The van der Waals surface area contributed by atoms with Crippen LogP contribution in [-0.4, -0.2) is 5.97 Å². The maximum atomic E-state index is 11.2. The minimum absolute atomic E-state index is 0.219. The van der Waals surface area contributed by atoms with Crippen molar-refractivity contribution in [1.29, 1.82) is 0 Å². The van der Waals surface area contributed by atoms with Crippen molar-refractivity contribution < 1.29 is 9.90 Å². The molecule has 0 rings (SSSR count). The summed E-state index contributed by atoms with van der Waals surface area (Å²) in [5.74, 6) is -0.482. The van der Waals surface area contributed by atoms with Gasteiger partial charge in [0.15, 0.2) is 0 Å². The van der Waals surface area contributed by atoms with E-state index in [1.54, 1.807) is 0 Å². The Bertz CT molecular complexity index is 201. The van der Waals surface area contributed by atoms with Crippen LogP contribution in [0.5, 0.6) is 0 Å². The third-order valence-electron chi connectivity index (χ3n) is 3.90. The molecule has 0 bridgehead atoms. The second-order valence-electron chi connectivity index (χ2n) is 5.52. The lowest BCUT2D eigenvalue weighted by Gasteiger charge is -2.23. The molecule has 0 amide bonds. The molecule has 0 radical (unpaired) electrons. The maximum Gasteiger partial charge on any atom is 0.0445 e. The number of unbranched alkanes of at least 4 members (excludes halogenated alkanes) is 4. The lowest BCUT2D eigenvalue weighted by atomic mass is 9.86. The molecule has 0 spiro atoms. The van der Waals surface area contributed by atoms with Crippen molar-refractivity contribution in [2.75, 3.05) is 0 Å². The lowest BCUT2D eigenvalue weighted by Crippen LogP contribution is -2.32. The van der Waals surface area contributed by atoms with Crippen LogP contribution < -0.4 is 5.11 Å². The van der Waals surface area contributed by atoms with Crippen LogP contribution in [0.3, 0.4) is 0 Å². The van der Waals surface area contributed by atoms with Gasteiger partial charge in [0.25, 0.3) is 0 Å². The van der Waals surface area contributed by atoms with Crippen LogP contribution >= 0.6 is 0 Å². The Hall–Kier alpha value is -0.530. The summed E-state index contributed by atoms with van der Waals surface area (Å²) in [4.78, 5) is 11.2. The largest absolute Gasteiger partial charge is 0.550 e. The third-order valence-corrected chi connectivity index (χ3v) is 3.90. The molecule has 0 saturated carbocycles. The summed E-state index contributed by atoms with van der Waals surface area (Å²) in [7, 11) is 0. The highest BCUT2D eigenvalue weighted by Crippen LogP contribution is 2.25. The van der Waals surface area contributed by atoms with Crippen LogP contribution in [0.4, 0.5) is 0 Å². The van der Waals surface area contributed by atoms with E-state index < -0.39 is 5.97 Å². The molecule has 0 fully saturated rings. The van der Waals surface area contributed by atoms with E-state index in [2.05, 4.69) is 20.8 Å². The minimum Gasteiger partial charge on any atom is -0.550 e. The summed E-state index contributed by atoms with van der Waals surface area (Å²) in [6, 6.07) is 0. The van der Waals surface area contributed by atoms with Gasteiger partial charge in [-0.05, 0) is 24.7 Å². The number of carboxylic acids is 1. The van der Waals surface area contributed by atoms with Crippen LogP contribution in [-0.2, 0) is 4.79 Å². The molecule has 0 N–H and O–H groups in total. The van der Waals surface area contributed by atoms with Gasteiger partial charge in [-0.15, -0.1) is 0 Å². The summed E-state index contributed by atoms with van der Waals surface area (Å²) >= 11 is 0. The molecule has 0 aromatic rings. The van der Waals surface area contributed by atoms with Gasteiger partial charge in [-0.2, -0.15) is 0 Å². The Morgan fingerprint density at radius 2 is 1.61 bits per heavy atom. The van der Waals surface area contributed by atoms with Crippen LogP contribution in [0.25, 0.3) is 0 Å². The standard InChI is InChI=1S/C16H32O2/c1-4-7-9-10-12-15(16(17)18)13-14(6-3)11-8-5-2/h14-15H,4-13H2,1-3H3,(H,17,18)/p-1. The van der Waals surface area contributed by atoms with Crippen molar-refractivity contribution in [3.05, 3.63) is 0 Å². The zero-order chi connectivity index (χ0) is 13.8. The normalized spacial score (nSPS) is 14.4. The zero-order valence-corrected chi connectivity index (χ0v) is 12.5. The molecule has 2 atom stereocenters. The minimum atomic E-state index is -0.832. The number of carbonyl (C=O) groups is 1. The Balaban J connectivity index is 4.03. The van der Waals surface area contributed by atoms with E-state index in [0.717, 1.165) is 32.1 Å². The van der Waals surface area contributed by atoms with E-state index in [0.29, 0.717) is 5.92 Å². The van der Waals surface area contributed by atoms with Gasteiger partial charge in [0, 0.05) is 5.97 Å². The van der Waals surface area contributed by atoms with Crippen LogP contribution in [0, 0.1) is 11.8 Å². The van der Waals surface area contributed by atoms with Gasteiger partial charge in [0.2, 0.25) is 0 Å². The van der Waals surface area contributed by atoms with E-state index >= 15 is 0 Å². The molecule has 108 valence electrons. The maximum absolute atomic E-state index is 11.2. The number of carboxylic acid groups (broad SMARTS) is 1. The van der Waals surface area contributed by atoms with Gasteiger partial charge >= 0.3 is 0 Å². The van der Waals surface area contributed by atoms with Crippen molar-refractivity contribution in [3.63, 3.8) is 0 Å². The molecule has 0 saturated heterocycles. The molecule has 0 aliphatic heterocycles. The first-order valence-corrected chi connectivity index (χ1v) is 7.86. The molecule has 0 heterocycles. The summed E-state index contributed by atoms with van der Waals surface area (Å²) < 4.78 is 0. The SMILES string of the molecule is CCCCCCC(CC(CC)CCCC)C(=O)[O-]. The van der Waals surface area contributed by atoms with Gasteiger partial charge in [0.05, 0.1) is 0 Å². The average molecular weight is 255 g/mol. The van der Waals surface area contributed by atoms with Crippen LogP contribution in [0.2, 0.25) is 0 Å². The summed E-state index contributed by atoms with van der Waals surface area (Å²) in [5, 5.41) is 11.2. The summed E-state index contributed by atoms with van der Waals surface area (Å²) in [6.45, 7) is 6.53. The lowest BCUT2D eigenvalue weighted by molar-refractivity contribution is -0.312. The monoisotopic (exact) mass is 255 g/mol. The highest BCUT2D eigenvalue weighted by atomic mass is 16.4. The van der Waals surface area contributed by atoms with Crippen LogP contribution in [0.1, 0.15) is 85.0 Å². The average Bonchev–Trinajstić information content (AvgIpc) is 2.36. The first kappa shape index (κ1) is 17.5. The summed E-state index contributed by atoms with van der Waals surface area (Å²) in [5.41, 5.74) is 0. The van der Waals surface area contributed by atoms with E-state index in [1.165, 1.54) is 32.1 Å². The molecular formula is C16H31O2-.